The summed E-state index contributed by atoms with van der Waals surface area (Å²) in [5.41, 5.74) is 4.99. The van der Waals surface area contributed by atoms with E-state index in [9.17, 15) is 9.59 Å². The molecule has 4 aromatic heterocycles. The van der Waals surface area contributed by atoms with E-state index in [1.807, 2.05) is 61.0 Å². The summed E-state index contributed by atoms with van der Waals surface area (Å²) in [4.78, 5) is 38.0. The molecule has 7 rings (SSSR count). The summed E-state index contributed by atoms with van der Waals surface area (Å²) in [7, 11) is 0. The van der Waals surface area contributed by atoms with Crippen LogP contribution in [0.5, 0.6) is 0 Å². The molecule has 0 aliphatic rings. The lowest BCUT2D eigenvalue weighted by Crippen LogP contribution is -2.25. The molecule has 0 aliphatic heterocycles. The second kappa shape index (κ2) is 13.1. The maximum atomic E-state index is 14.3. The van der Waals surface area contributed by atoms with E-state index in [2.05, 4.69) is 26.1 Å². The Morgan fingerprint density at radius 1 is 0.667 bits per heavy atom. The molecule has 0 spiro atoms. The fourth-order valence-electron chi connectivity index (χ4n) is 5.51. The molecule has 8 nitrogen and oxygen atoms in total. The van der Waals surface area contributed by atoms with Crippen molar-refractivity contribution in [2.75, 3.05) is 0 Å². The molecule has 7 aromatic rings. The van der Waals surface area contributed by atoms with E-state index in [0.29, 0.717) is 64.3 Å². The first-order valence-corrected chi connectivity index (χ1v) is 18.3. The summed E-state index contributed by atoms with van der Waals surface area (Å²) < 4.78 is 3.69. The maximum Gasteiger partial charge on any atom is 0.277 e. The molecule has 0 amide bonds. The zero-order valence-corrected chi connectivity index (χ0v) is 31.1. The zero-order valence-electron chi connectivity index (χ0n) is 24.8. The molecule has 0 saturated heterocycles. The fourth-order valence-corrected chi connectivity index (χ4v) is 7.95. The third-order valence-corrected chi connectivity index (χ3v) is 11.5. The number of thiazole rings is 2. The van der Waals surface area contributed by atoms with Gasteiger partial charge in [-0.3, -0.25) is 19.8 Å². The average Bonchev–Trinajstić information content (AvgIpc) is 3.85. The number of rotatable bonds is 7. The molecular weight excluding hydrogens is 798 g/mol. The molecule has 2 N–H and O–H groups in total. The predicted octanol–water partition coefficient (Wildman–Crippen LogP) is 10.1. The second-order valence-corrected chi connectivity index (χ2v) is 15.1. The number of aromatic nitrogens is 6. The van der Waals surface area contributed by atoms with Crippen LogP contribution in [0.1, 0.15) is 34.0 Å². The van der Waals surface area contributed by atoms with Gasteiger partial charge in [0.2, 0.25) is 10.3 Å². The van der Waals surface area contributed by atoms with E-state index in [1.54, 1.807) is 24.3 Å². The quantitative estimate of drug-likeness (QED) is 0.167. The van der Waals surface area contributed by atoms with Gasteiger partial charge < -0.3 is 0 Å². The largest absolute Gasteiger partial charge is 0.293 e. The van der Waals surface area contributed by atoms with E-state index in [4.69, 9.17) is 56.4 Å². The number of aryl methyl sites for hydroxylation is 2. The number of benzene rings is 3. The number of nitrogens with one attached hydrogen (secondary N) is 2. The van der Waals surface area contributed by atoms with E-state index >= 15 is 0 Å². The van der Waals surface area contributed by atoms with Crippen molar-refractivity contribution in [3.05, 3.63) is 145 Å². The number of H-pyrrole nitrogens is 2. The Balaban J connectivity index is 1.33. The van der Waals surface area contributed by atoms with Gasteiger partial charge in [0.15, 0.2) is 0 Å². The van der Waals surface area contributed by atoms with Crippen LogP contribution in [0.3, 0.4) is 0 Å². The van der Waals surface area contributed by atoms with E-state index in [-0.39, 0.29) is 11.1 Å². The highest BCUT2D eigenvalue weighted by Crippen LogP contribution is 2.35. The molecule has 0 aliphatic carbocycles. The van der Waals surface area contributed by atoms with Gasteiger partial charge in [-0.15, -0.1) is 22.7 Å². The number of hydrogen-bond donors (Lipinski definition) is 2. The van der Waals surface area contributed by atoms with Crippen LogP contribution in [0.25, 0.3) is 32.8 Å². The number of nitrogens with zero attached hydrogens (tertiary/aromatic N) is 4. The summed E-state index contributed by atoms with van der Waals surface area (Å²) in [5.74, 6) is -0.711. The van der Waals surface area contributed by atoms with Crippen molar-refractivity contribution >= 4 is 85.0 Å². The Labute approximate surface area is 309 Å². The van der Waals surface area contributed by atoms with Crippen molar-refractivity contribution in [2.45, 2.75) is 19.8 Å². The van der Waals surface area contributed by atoms with Crippen LogP contribution in [-0.2, 0) is 0 Å². The van der Waals surface area contributed by atoms with Crippen molar-refractivity contribution in [3.63, 3.8) is 0 Å². The Bertz CT molecular complexity index is 2310. The standard InChI is InChI=1S/C33H21BrCl4N6O2S2/c1-15-27(30(45)43(41-15)32-39-25(13-47-32)18-5-9-21(35)23(37)11-18)29(17-3-7-20(34)8-4-17)28-16(2)42-44(31(28)46)33-40-26(14-48-33)19-6-10-22(36)24(38)12-19/h3-14,29,41-42H,1-2H3. The highest BCUT2D eigenvalue weighted by Gasteiger charge is 2.31. The first-order valence-electron chi connectivity index (χ1n) is 14.2. The van der Waals surface area contributed by atoms with Crippen LogP contribution in [0.2, 0.25) is 20.1 Å². The average molecular weight is 819 g/mol. The monoisotopic (exact) mass is 816 g/mol. The van der Waals surface area contributed by atoms with Gasteiger partial charge in [-0.25, -0.2) is 9.97 Å². The van der Waals surface area contributed by atoms with Crippen LogP contribution < -0.4 is 11.1 Å². The lowest BCUT2D eigenvalue weighted by Gasteiger charge is -2.16. The van der Waals surface area contributed by atoms with Crippen molar-refractivity contribution < 1.29 is 0 Å². The summed E-state index contributed by atoms with van der Waals surface area (Å²) in [6, 6.07) is 18.1. The van der Waals surface area contributed by atoms with E-state index < -0.39 is 5.92 Å². The Hall–Kier alpha value is -3.42. The molecule has 0 radical (unpaired) electrons. The molecule has 0 fully saturated rings. The van der Waals surface area contributed by atoms with Crippen LogP contribution >= 0.6 is 85.0 Å². The first kappa shape index (κ1) is 33.1. The van der Waals surface area contributed by atoms with Crippen molar-refractivity contribution in [1.82, 2.24) is 29.5 Å². The highest BCUT2D eigenvalue weighted by atomic mass is 79.9. The molecule has 0 saturated carbocycles. The number of halogens is 5. The Morgan fingerprint density at radius 3 is 1.52 bits per heavy atom. The SMILES string of the molecule is Cc1[nH]n(-c2nc(-c3ccc(Cl)c(Cl)c3)cs2)c(=O)c1C(c1ccc(Br)cc1)c1c(C)[nH]n(-c2nc(-c3ccc(Cl)c(Cl)c3)cs2)c1=O. The van der Waals surface area contributed by atoms with Gasteiger partial charge >= 0.3 is 0 Å². The van der Waals surface area contributed by atoms with E-state index in [1.165, 1.54) is 32.0 Å². The Morgan fingerprint density at radius 2 is 1.10 bits per heavy atom. The van der Waals surface area contributed by atoms with Crippen LogP contribution in [0.4, 0.5) is 0 Å². The summed E-state index contributed by atoms with van der Waals surface area (Å²) >= 11 is 30.8. The van der Waals surface area contributed by atoms with Gasteiger partial charge in [0.1, 0.15) is 0 Å². The fraction of sp³-hybridized carbons (Fsp3) is 0.0909. The smallest absolute Gasteiger partial charge is 0.277 e. The molecule has 0 unspecified atom stereocenters. The van der Waals surface area contributed by atoms with Crippen molar-refractivity contribution in [1.29, 1.82) is 0 Å². The summed E-state index contributed by atoms with van der Waals surface area (Å²) in [6.45, 7) is 3.63. The molecule has 48 heavy (non-hydrogen) atoms. The molecule has 242 valence electrons. The molecule has 0 bridgehead atoms. The minimum absolute atomic E-state index is 0.321. The topological polar surface area (TPSA) is 101 Å². The van der Waals surface area contributed by atoms with Crippen molar-refractivity contribution in [2.24, 2.45) is 0 Å². The van der Waals surface area contributed by atoms with Crippen molar-refractivity contribution in [3.8, 4) is 32.8 Å². The molecular formula is C33H21BrCl4N6O2S2. The summed E-state index contributed by atoms with van der Waals surface area (Å²) in [5, 5.41) is 12.7. The lowest BCUT2D eigenvalue weighted by atomic mass is 9.85. The lowest BCUT2D eigenvalue weighted by molar-refractivity contribution is 0.823. The minimum Gasteiger partial charge on any atom is -0.293 e. The third-order valence-electron chi connectivity index (χ3n) is 7.81. The minimum atomic E-state index is -0.711. The number of hydrogen-bond acceptors (Lipinski definition) is 6. The third kappa shape index (κ3) is 6.02. The van der Waals surface area contributed by atoms with Crippen LogP contribution in [0, 0.1) is 13.8 Å². The zero-order chi connectivity index (χ0) is 33.9. The first-order chi connectivity index (χ1) is 23.0. The maximum absolute atomic E-state index is 14.3. The molecule has 4 heterocycles. The highest BCUT2D eigenvalue weighted by molar-refractivity contribution is 9.10. The van der Waals surface area contributed by atoms with Gasteiger partial charge in [-0.2, -0.15) is 9.36 Å². The summed E-state index contributed by atoms with van der Waals surface area (Å²) in [6.07, 6.45) is 0. The molecule has 15 heteroatoms. The Kier molecular flexibility index (Phi) is 9.05. The number of aromatic amines is 2. The molecule has 3 aromatic carbocycles. The molecule has 0 atom stereocenters. The predicted molar refractivity (Wildman–Crippen MR) is 200 cm³/mol. The van der Waals surface area contributed by atoms with Gasteiger partial charge in [0, 0.05) is 43.7 Å². The second-order valence-electron chi connectivity index (χ2n) is 10.9. The van der Waals surface area contributed by atoms with Gasteiger partial charge in [0.25, 0.3) is 11.1 Å². The normalized spacial score (nSPS) is 11.6. The van der Waals surface area contributed by atoms with Gasteiger partial charge in [-0.05, 0) is 55.8 Å². The van der Waals surface area contributed by atoms with Crippen LogP contribution in [-0.4, -0.2) is 29.5 Å². The van der Waals surface area contributed by atoms with Gasteiger partial charge in [-0.1, -0.05) is 86.6 Å². The van der Waals surface area contributed by atoms with E-state index in [0.717, 1.165) is 21.2 Å². The van der Waals surface area contributed by atoms with Gasteiger partial charge in [0.05, 0.1) is 42.6 Å². The van der Waals surface area contributed by atoms with Crippen LogP contribution in [0.15, 0.2) is 85.5 Å².